The monoisotopic (exact) mass is 407 g/mol. The molecule has 0 saturated carbocycles. The van der Waals surface area contributed by atoms with Gasteiger partial charge in [0.1, 0.15) is 0 Å². The number of alkyl halides is 2. The minimum absolute atomic E-state index is 0. The van der Waals surface area contributed by atoms with Gasteiger partial charge in [-0.3, -0.25) is 0 Å². The van der Waals surface area contributed by atoms with Crippen molar-refractivity contribution in [2.75, 3.05) is 6.54 Å². The second kappa shape index (κ2) is 7.82. The van der Waals surface area contributed by atoms with Crippen LogP contribution in [0.15, 0.2) is 41.6 Å². The second-order valence-corrected chi connectivity index (χ2v) is 4.90. The minimum atomic E-state index is -2.62. The van der Waals surface area contributed by atoms with Crippen molar-refractivity contribution >= 4 is 28.9 Å². The first-order chi connectivity index (χ1) is 9.40. The van der Waals surface area contributed by atoms with E-state index in [0.717, 1.165) is 11.0 Å². The molecule has 1 aromatic carbocycles. The average molecular weight is 408 g/mol. The summed E-state index contributed by atoms with van der Waals surface area (Å²) in [5.41, 5.74) is 0.431. The standard InChI is InChI=1S/C14H9Cl2F3N.Y/c1-8-11(16)4-5-13(20(8)7-14(18)19)10-3-2-9(15)6-12(10)17;/h2-4,6,14H,1,7H2;/q-1;. The Morgan fingerprint density at radius 1 is 1.29 bits per heavy atom. The first kappa shape index (κ1) is 18.8. The maximum Gasteiger partial charge on any atom is 0.256 e. The summed E-state index contributed by atoms with van der Waals surface area (Å²) in [6.45, 7) is 2.99. The van der Waals surface area contributed by atoms with Crippen LogP contribution in [0.1, 0.15) is 5.56 Å². The Bertz CT molecular complexity index is 614. The largest absolute Gasteiger partial charge is 0.368 e. The van der Waals surface area contributed by atoms with E-state index in [-0.39, 0.29) is 59.7 Å². The van der Waals surface area contributed by atoms with Gasteiger partial charge in [-0.15, -0.1) is 6.07 Å². The van der Waals surface area contributed by atoms with Crippen molar-refractivity contribution in [1.29, 1.82) is 0 Å². The molecular formula is C14H9Cl2F3NY-. The van der Waals surface area contributed by atoms with E-state index in [4.69, 9.17) is 23.2 Å². The van der Waals surface area contributed by atoms with E-state index in [1.165, 1.54) is 18.2 Å². The first-order valence-corrected chi connectivity index (χ1v) is 6.35. The fourth-order valence-electron chi connectivity index (χ4n) is 1.80. The van der Waals surface area contributed by atoms with Gasteiger partial charge in [-0.2, -0.15) is 23.8 Å². The van der Waals surface area contributed by atoms with Gasteiger partial charge in [-0.05, 0) is 16.8 Å². The van der Waals surface area contributed by atoms with Gasteiger partial charge in [0.05, 0.1) is 12.4 Å². The van der Waals surface area contributed by atoms with Crippen LogP contribution in [0.3, 0.4) is 0 Å². The van der Waals surface area contributed by atoms with E-state index in [1.807, 2.05) is 0 Å². The minimum Gasteiger partial charge on any atom is -0.368 e. The molecule has 0 N–H and O–H groups in total. The van der Waals surface area contributed by atoms with E-state index in [0.29, 0.717) is 0 Å². The second-order valence-electron chi connectivity index (χ2n) is 4.06. The zero-order valence-corrected chi connectivity index (χ0v) is 15.1. The summed E-state index contributed by atoms with van der Waals surface area (Å²) in [5.74, 6) is -0.626. The molecule has 2 rings (SSSR count). The summed E-state index contributed by atoms with van der Waals surface area (Å²) in [6, 6.07) is 3.98. The van der Waals surface area contributed by atoms with Crippen molar-refractivity contribution in [2.45, 2.75) is 6.43 Å². The van der Waals surface area contributed by atoms with Crippen molar-refractivity contribution < 1.29 is 45.9 Å². The Hall–Kier alpha value is -0.286. The Morgan fingerprint density at radius 2 is 1.95 bits per heavy atom. The SMILES string of the molecule is C=C1C(Cl)=C[C-]=C(c2ccc(Cl)cc2F)N1CC(F)F.[Y]. The third-order valence-electron chi connectivity index (χ3n) is 2.71. The van der Waals surface area contributed by atoms with Crippen molar-refractivity contribution in [3.8, 4) is 0 Å². The van der Waals surface area contributed by atoms with Crippen LogP contribution in [0, 0.1) is 11.9 Å². The normalized spacial score (nSPS) is 14.8. The van der Waals surface area contributed by atoms with Crippen LogP contribution in [0.5, 0.6) is 0 Å². The molecule has 1 nitrogen and oxygen atoms in total. The first-order valence-electron chi connectivity index (χ1n) is 5.59. The summed E-state index contributed by atoms with van der Waals surface area (Å²) in [5, 5.41) is 0.402. The van der Waals surface area contributed by atoms with E-state index < -0.39 is 18.8 Å². The third kappa shape index (κ3) is 4.35. The summed E-state index contributed by atoms with van der Waals surface area (Å²) in [7, 11) is 0. The molecule has 1 aliphatic heterocycles. The van der Waals surface area contributed by atoms with Gasteiger partial charge in [0, 0.05) is 37.7 Å². The molecule has 7 heteroatoms. The molecule has 1 radical (unpaired) electrons. The van der Waals surface area contributed by atoms with Gasteiger partial charge in [0.2, 0.25) is 0 Å². The van der Waals surface area contributed by atoms with Crippen molar-refractivity contribution in [3.63, 3.8) is 0 Å². The molecular weight excluding hydrogens is 399 g/mol. The average Bonchev–Trinajstić information content (AvgIpc) is 2.36. The summed E-state index contributed by atoms with van der Waals surface area (Å²) in [4.78, 5) is 1.14. The molecule has 0 atom stereocenters. The number of hydrogen-bond donors (Lipinski definition) is 0. The van der Waals surface area contributed by atoms with Crippen LogP contribution in [0.2, 0.25) is 5.02 Å². The maximum absolute atomic E-state index is 13.9. The predicted octanol–water partition coefficient (Wildman–Crippen LogP) is 4.84. The summed E-state index contributed by atoms with van der Waals surface area (Å²) < 4.78 is 39.3. The van der Waals surface area contributed by atoms with Gasteiger partial charge in [-0.1, -0.05) is 35.5 Å². The van der Waals surface area contributed by atoms with Crippen LogP contribution >= 0.6 is 23.2 Å². The Kier molecular flexibility index (Phi) is 6.99. The number of benzene rings is 1. The number of nitrogens with zero attached hydrogens (tertiary/aromatic N) is 1. The fourth-order valence-corrected chi connectivity index (χ4v) is 2.12. The molecule has 0 amide bonds. The predicted molar refractivity (Wildman–Crippen MR) is 73.8 cm³/mol. The molecule has 0 bridgehead atoms. The Morgan fingerprint density at radius 3 is 2.52 bits per heavy atom. The molecule has 0 spiro atoms. The molecule has 109 valence electrons. The fraction of sp³-hybridized carbons (Fsp3) is 0.143. The van der Waals surface area contributed by atoms with E-state index in [2.05, 4.69) is 12.7 Å². The summed E-state index contributed by atoms with van der Waals surface area (Å²) >= 11 is 11.5. The topological polar surface area (TPSA) is 3.24 Å². The molecule has 0 aliphatic carbocycles. The number of rotatable bonds is 3. The van der Waals surface area contributed by atoms with Crippen LogP contribution in [0.4, 0.5) is 13.2 Å². The molecule has 1 aromatic rings. The smallest absolute Gasteiger partial charge is 0.256 e. The molecule has 0 aromatic heterocycles. The quantitative estimate of drug-likeness (QED) is 0.648. The molecule has 1 aliphatic rings. The van der Waals surface area contributed by atoms with Gasteiger partial charge < -0.3 is 4.90 Å². The van der Waals surface area contributed by atoms with Crippen molar-refractivity contribution in [3.05, 3.63) is 64.1 Å². The van der Waals surface area contributed by atoms with Crippen LogP contribution in [-0.4, -0.2) is 17.9 Å². The van der Waals surface area contributed by atoms with Crippen LogP contribution in [-0.2, 0) is 32.7 Å². The van der Waals surface area contributed by atoms with Gasteiger partial charge in [-0.25, -0.2) is 13.2 Å². The molecule has 21 heavy (non-hydrogen) atoms. The number of allylic oxidation sites excluding steroid dienone is 3. The molecule has 0 unspecified atom stereocenters. The molecule has 0 fully saturated rings. The number of hydrogen-bond acceptors (Lipinski definition) is 1. The summed E-state index contributed by atoms with van der Waals surface area (Å²) in [6.07, 6.45) is 1.45. The zero-order valence-electron chi connectivity index (χ0n) is 10.7. The zero-order chi connectivity index (χ0) is 14.9. The van der Waals surface area contributed by atoms with E-state index in [9.17, 15) is 13.2 Å². The molecule has 1 heterocycles. The Labute approximate surface area is 156 Å². The number of halogens is 5. The van der Waals surface area contributed by atoms with Crippen LogP contribution in [0.25, 0.3) is 5.70 Å². The Balaban J connectivity index is 0.00000220. The van der Waals surface area contributed by atoms with Crippen LogP contribution < -0.4 is 0 Å². The maximum atomic E-state index is 13.9. The molecule has 0 saturated heterocycles. The van der Waals surface area contributed by atoms with Gasteiger partial charge >= 0.3 is 0 Å². The van der Waals surface area contributed by atoms with E-state index in [1.54, 1.807) is 0 Å². The van der Waals surface area contributed by atoms with E-state index >= 15 is 0 Å². The third-order valence-corrected chi connectivity index (χ3v) is 3.28. The van der Waals surface area contributed by atoms with Crippen molar-refractivity contribution in [2.24, 2.45) is 0 Å². The van der Waals surface area contributed by atoms with Crippen molar-refractivity contribution in [1.82, 2.24) is 4.90 Å². The van der Waals surface area contributed by atoms with Gasteiger partial charge in [0.15, 0.2) is 0 Å². The van der Waals surface area contributed by atoms with Gasteiger partial charge in [0.25, 0.3) is 6.43 Å².